The quantitative estimate of drug-likeness (QED) is 0.241. The van der Waals surface area contributed by atoms with Gasteiger partial charge in [0.05, 0.1) is 41.3 Å². The Bertz CT molecular complexity index is 1590. The van der Waals surface area contributed by atoms with Crippen molar-refractivity contribution in [3.05, 3.63) is 59.8 Å². The van der Waals surface area contributed by atoms with Crippen molar-refractivity contribution in [2.24, 2.45) is 5.41 Å². The number of aromatic amines is 1. The molecule has 13 heteroatoms. The number of ether oxygens (including phenoxy) is 2. The van der Waals surface area contributed by atoms with E-state index in [-0.39, 0.29) is 30.0 Å². The van der Waals surface area contributed by atoms with Crippen LogP contribution in [-0.4, -0.2) is 79.8 Å². The van der Waals surface area contributed by atoms with Crippen LogP contribution in [0.25, 0.3) is 33.8 Å². The number of nitrogens with zero attached hydrogens (tertiary/aromatic N) is 5. The van der Waals surface area contributed by atoms with E-state index in [0.717, 1.165) is 37.5 Å². The lowest BCUT2D eigenvalue weighted by atomic mass is 9.78. The number of aromatic nitrogens is 5. The maximum absolute atomic E-state index is 14.5. The highest BCUT2D eigenvalue weighted by molar-refractivity contribution is 6.35. The van der Waals surface area contributed by atoms with Gasteiger partial charge < -0.3 is 19.6 Å². The van der Waals surface area contributed by atoms with E-state index in [0.29, 0.717) is 39.5 Å². The van der Waals surface area contributed by atoms with Gasteiger partial charge in [-0.2, -0.15) is 18.3 Å². The van der Waals surface area contributed by atoms with Crippen LogP contribution < -0.4 is 4.74 Å². The van der Waals surface area contributed by atoms with Gasteiger partial charge >= 0.3 is 6.18 Å². The van der Waals surface area contributed by atoms with Crippen molar-refractivity contribution >= 4 is 11.6 Å². The zero-order chi connectivity index (χ0) is 30.4. The summed E-state index contributed by atoms with van der Waals surface area (Å²) < 4.78 is 55.7. The summed E-state index contributed by atoms with van der Waals surface area (Å²) in [5, 5.41) is 14.5. The summed E-state index contributed by atoms with van der Waals surface area (Å²) in [4.78, 5) is 14.1. The average molecular weight is 617 g/mol. The molecular formula is C30H32ClF3N6O3. The molecule has 6 rings (SSSR count). The monoisotopic (exact) mass is 616 g/mol. The average Bonchev–Trinajstić information content (AvgIpc) is 3.53. The van der Waals surface area contributed by atoms with Crippen LogP contribution in [0.15, 0.2) is 49.1 Å². The lowest BCUT2D eigenvalue weighted by Crippen LogP contribution is -2.66. The molecule has 2 fully saturated rings. The molecule has 0 bridgehead atoms. The highest BCUT2D eigenvalue weighted by atomic mass is 35.5. The number of alkyl halides is 3. The molecule has 3 aromatic heterocycles. The van der Waals surface area contributed by atoms with E-state index in [1.807, 2.05) is 0 Å². The topological polar surface area (TPSA) is 101 Å². The molecule has 1 aromatic carbocycles. The molecular weight excluding hydrogens is 585 g/mol. The summed E-state index contributed by atoms with van der Waals surface area (Å²) in [5.41, 5.74) is -0.374. The number of benzene rings is 1. The number of hydrogen-bond donors (Lipinski definition) is 2. The van der Waals surface area contributed by atoms with Crippen molar-refractivity contribution in [2.45, 2.75) is 38.6 Å². The van der Waals surface area contributed by atoms with E-state index >= 15 is 0 Å². The molecule has 2 N–H and O–H groups in total. The molecule has 2 aliphatic rings. The molecule has 0 unspecified atom stereocenters. The minimum atomic E-state index is -4.72. The Morgan fingerprint density at radius 3 is 2.47 bits per heavy atom. The van der Waals surface area contributed by atoms with Gasteiger partial charge in [-0.15, -0.1) is 0 Å². The smallest absolute Gasteiger partial charge is 0.433 e. The predicted octanol–water partition coefficient (Wildman–Crippen LogP) is 5.55. The van der Waals surface area contributed by atoms with Crippen molar-refractivity contribution in [1.82, 2.24) is 29.6 Å². The van der Waals surface area contributed by atoms with Gasteiger partial charge in [-0.1, -0.05) is 23.7 Å². The number of nitrogens with one attached hydrogen (secondary N) is 1. The molecule has 228 valence electrons. The van der Waals surface area contributed by atoms with Crippen LogP contribution in [0.4, 0.5) is 13.2 Å². The van der Waals surface area contributed by atoms with E-state index in [1.165, 1.54) is 18.6 Å². The maximum Gasteiger partial charge on any atom is 0.433 e. The Labute approximate surface area is 251 Å². The number of hydrogen-bond acceptors (Lipinski definition) is 7. The number of rotatable bonds is 10. The molecule has 0 aliphatic carbocycles. The molecule has 0 saturated carbocycles. The van der Waals surface area contributed by atoms with Gasteiger partial charge in [0.15, 0.2) is 11.5 Å². The summed E-state index contributed by atoms with van der Waals surface area (Å²) in [6.45, 7) is 7.75. The molecule has 1 spiro atoms. The standard InChI is InChI=1S/C30H32ClF3N6O3/c1-28(2,41)7-10-40-26(30(32,33)34)21(14-38-40)25-23(27-35-8-4-9-36-27)20(13-37-25)19-5-3-6-22(24(19)31)43-12-11-39-15-29(16-39)17-42-18-29/h3-6,8-9,13-14,37,41H,7,10-12,15-18H2,1-2H3. The van der Waals surface area contributed by atoms with Gasteiger partial charge in [-0.25, -0.2) is 9.97 Å². The van der Waals surface area contributed by atoms with Crippen molar-refractivity contribution in [3.8, 4) is 39.5 Å². The number of aryl methyl sites for hydroxylation is 1. The van der Waals surface area contributed by atoms with Crippen LogP contribution in [0.1, 0.15) is 26.0 Å². The fraction of sp³-hybridized carbons (Fsp3) is 0.433. The minimum Gasteiger partial charge on any atom is -0.491 e. The number of halogens is 4. The second-order valence-electron chi connectivity index (χ2n) is 11.9. The van der Waals surface area contributed by atoms with Crippen LogP contribution in [-0.2, 0) is 17.5 Å². The second-order valence-corrected chi connectivity index (χ2v) is 12.3. The van der Waals surface area contributed by atoms with Crippen LogP contribution >= 0.6 is 11.6 Å². The molecule has 43 heavy (non-hydrogen) atoms. The van der Waals surface area contributed by atoms with Crippen LogP contribution in [0.2, 0.25) is 5.02 Å². The molecule has 0 radical (unpaired) electrons. The summed E-state index contributed by atoms with van der Waals surface area (Å²) in [6, 6.07) is 6.97. The second kappa shape index (κ2) is 11.2. The van der Waals surface area contributed by atoms with Gasteiger partial charge in [0.2, 0.25) is 0 Å². The number of aliphatic hydroxyl groups is 1. The highest BCUT2D eigenvalue weighted by Gasteiger charge is 2.48. The Hall–Kier alpha value is -3.45. The Kier molecular flexibility index (Phi) is 7.74. The first-order valence-electron chi connectivity index (χ1n) is 14.0. The van der Waals surface area contributed by atoms with Gasteiger partial charge in [-0.3, -0.25) is 9.58 Å². The number of H-pyrrole nitrogens is 1. The fourth-order valence-corrected chi connectivity index (χ4v) is 5.96. The van der Waals surface area contributed by atoms with Crippen LogP contribution in [0, 0.1) is 5.41 Å². The Balaban J connectivity index is 1.34. The normalized spacial score (nSPS) is 16.7. The van der Waals surface area contributed by atoms with Crippen molar-refractivity contribution in [2.75, 3.05) is 39.5 Å². The van der Waals surface area contributed by atoms with Crippen LogP contribution in [0.5, 0.6) is 5.75 Å². The maximum atomic E-state index is 14.5. The summed E-state index contributed by atoms with van der Waals surface area (Å²) in [5.74, 6) is 0.694. The molecule has 5 heterocycles. The zero-order valence-electron chi connectivity index (χ0n) is 23.8. The predicted molar refractivity (Wildman–Crippen MR) is 155 cm³/mol. The largest absolute Gasteiger partial charge is 0.491 e. The first-order chi connectivity index (χ1) is 20.4. The molecule has 0 amide bonds. The zero-order valence-corrected chi connectivity index (χ0v) is 24.5. The van der Waals surface area contributed by atoms with E-state index in [4.69, 9.17) is 21.1 Å². The molecule has 2 saturated heterocycles. The van der Waals surface area contributed by atoms with E-state index in [1.54, 1.807) is 44.3 Å². The summed E-state index contributed by atoms with van der Waals surface area (Å²) >= 11 is 6.86. The van der Waals surface area contributed by atoms with Crippen molar-refractivity contribution in [1.29, 1.82) is 0 Å². The van der Waals surface area contributed by atoms with Gasteiger partial charge in [0, 0.05) is 66.9 Å². The van der Waals surface area contributed by atoms with E-state index in [2.05, 4.69) is 25.0 Å². The number of likely N-dealkylation sites (tertiary alicyclic amines) is 1. The SMILES string of the molecule is CC(C)(O)CCn1ncc(-c2[nH]cc(-c3cccc(OCCN4CC5(COC5)C4)c3Cl)c2-c2ncccn2)c1C(F)(F)F. The van der Waals surface area contributed by atoms with E-state index in [9.17, 15) is 18.3 Å². The third kappa shape index (κ3) is 6.01. The van der Waals surface area contributed by atoms with Crippen LogP contribution in [0.3, 0.4) is 0 Å². The molecule has 0 atom stereocenters. The minimum absolute atomic E-state index is 0.0806. The fourth-order valence-electron chi connectivity index (χ4n) is 5.67. The van der Waals surface area contributed by atoms with Gasteiger partial charge in [-0.05, 0) is 32.4 Å². The van der Waals surface area contributed by atoms with Crippen molar-refractivity contribution < 1.29 is 27.8 Å². The third-order valence-electron chi connectivity index (χ3n) is 7.84. The third-order valence-corrected chi connectivity index (χ3v) is 8.23. The first kappa shape index (κ1) is 29.6. The van der Waals surface area contributed by atoms with E-state index < -0.39 is 17.5 Å². The molecule has 2 aliphatic heterocycles. The first-order valence-corrected chi connectivity index (χ1v) is 14.4. The molecule has 4 aromatic rings. The van der Waals surface area contributed by atoms with Gasteiger partial charge in [0.25, 0.3) is 0 Å². The molecule has 9 nitrogen and oxygen atoms in total. The van der Waals surface area contributed by atoms with Gasteiger partial charge in [0.1, 0.15) is 12.4 Å². The summed E-state index contributed by atoms with van der Waals surface area (Å²) in [6.07, 6.45) is 1.18. The highest BCUT2D eigenvalue weighted by Crippen LogP contribution is 2.46. The Morgan fingerprint density at radius 2 is 1.81 bits per heavy atom. The Morgan fingerprint density at radius 1 is 1.07 bits per heavy atom. The summed E-state index contributed by atoms with van der Waals surface area (Å²) in [7, 11) is 0. The lowest BCUT2D eigenvalue weighted by molar-refractivity contribution is -0.189. The van der Waals surface area contributed by atoms with Crippen molar-refractivity contribution in [3.63, 3.8) is 0 Å². The lowest BCUT2D eigenvalue weighted by Gasteiger charge is -2.55.